The van der Waals surface area contributed by atoms with E-state index in [0.29, 0.717) is 34.0 Å². The summed E-state index contributed by atoms with van der Waals surface area (Å²) < 4.78 is 50.8. The Hall–Kier alpha value is -3.54. The van der Waals surface area contributed by atoms with E-state index in [1.165, 1.54) is 29.5 Å². The first-order chi connectivity index (χ1) is 17.6. The molecule has 1 aliphatic heterocycles. The number of benzene rings is 3. The van der Waals surface area contributed by atoms with Crippen molar-refractivity contribution < 1.29 is 32.2 Å². The molecule has 0 radical (unpaired) electrons. The second-order valence-corrected chi connectivity index (χ2v) is 11.7. The van der Waals surface area contributed by atoms with Gasteiger partial charge in [-0.3, -0.25) is 4.79 Å². The molecule has 37 heavy (non-hydrogen) atoms. The normalized spacial score (nSPS) is 17.2. The summed E-state index contributed by atoms with van der Waals surface area (Å²) in [6, 6.07) is 16.3. The summed E-state index contributed by atoms with van der Waals surface area (Å²) in [6.45, 7) is 0.471. The minimum Gasteiger partial charge on any atom is -0.493 e. The summed E-state index contributed by atoms with van der Waals surface area (Å²) in [5.41, 5.74) is 2.14. The van der Waals surface area contributed by atoms with Gasteiger partial charge in [0.15, 0.2) is 0 Å². The van der Waals surface area contributed by atoms with Crippen molar-refractivity contribution in [3.05, 3.63) is 88.2 Å². The molecule has 0 bridgehead atoms. The van der Waals surface area contributed by atoms with Crippen molar-refractivity contribution >= 4 is 37.5 Å². The minimum atomic E-state index is -3.68. The molecule has 0 aliphatic carbocycles. The second kappa shape index (κ2) is 10.1. The molecule has 0 fully saturated rings. The standard InChI is InChI=1S/C26H23FN2O6S2/c1-37(32,33)29-26(31)16-4-2-3-15(9-16)10-17-13-35-22-7-6-19(12-20(22)25(17)30)34-14-24-28-21-11-18(27)5-8-23(21)36-24/h2-9,11-12,17,25,30H,10,13-14H2,1H3,(H,29,31)/t17-,25-/m1/s1. The summed E-state index contributed by atoms with van der Waals surface area (Å²) in [5, 5.41) is 11.8. The molecule has 1 aliphatic rings. The van der Waals surface area contributed by atoms with Crippen LogP contribution < -0.4 is 14.2 Å². The molecule has 2 heterocycles. The number of nitrogens with zero attached hydrogens (tertiary/aromatic N) is 1. The van der Waals surface area contributed by atoms with E-state index in [1.54, 1.807) is 36.4 Å². The molecule has 2 N–H and O–H groups in total. The third kappa shape index (κ3) is 5.90. The van der Waals surface area contributed by atoms with E-state index in [2.05, 4.69) is 4.98 Å². The zero-order valence-electron chi connectivity index (χ0n) is 19.7. The molecule has 8 nitrogen and oxygen atoms in total. The average molecular weight is 543 g/mol. The smallest absolute Gasteiger partial charge is 0.264 e. The van der Waals surface area contributed by atoms with Gasteiger partial charge in [-0.1, -0.05) is 12.1 Å². The highest BCUT2D eigenvalue weighted by atomic mass is 32.2. The van der Waals surface area contributed by atoms with Gasteiger partial charge in [-0.25, -0.2) is 22.5 Å². The summed E-state index contributed by atoms with van der Waals surface area (Å²) in [7, 11) is -3.68. The van der Waals surface area contributed by atoms with Crippen molar-refractivity contribution in [1.29, 1.82) is 0 Å². The highest BCUT2D eigenvalue weighted by Crippen LogP contribution is 2.39. The average Bonchev–Trinajstić information content (AvgIpc) is 3.26. The molecule has 11 heteroatoms. The monoisotopic (exact) mass is 542 g/mol. The number of ether oxygens (including phenoxy) is 2. The number of hydrogen-bond donors (Lipinski definition) is 2. The first kappa shape index (κ1) is 25.1. The fourth-order valence-corrected chi connectivity index (χ4v) is 5.53. The van der Waals surface area contributed by atoms with Crippen molar-refractivity contribution in [3.63, 3.8) is 0 Å². The van der Waals surface area contributed by atoms with Crippen LogP contribution in [0.15, 0.2) is 60.7 Å². The van der Waals surface area contributed by atoms with Gasteiger partial charge in [-0.05, 0) is 54.4 Å². The lowest BCUT2D eigenvalue weighted by Crippen LogP contribution is -2.30. The summed E-state index contributed by atoms with van der Waals surface area (Å²) in [5.74, 6) is -0.252. The molecule has 1 amide bonds. The number of aliphatic hydroxyl groups is 1. The number of hydrogen-bond acceptors (Lipinski definition) is 8. The largest absolute Gasteiger partial charge is 0.493 e. The van der Waals surface area contributed by atoms with Gasteiger partial charge in [0.1, 0.15) is 28.9 Å². The maximum absolute atomic E-state index is 13.4. The molecule has 2 atom stereocenters. The maximum atomic E-state index is 13.4. The molecular formula is C26H23FN2O6S2. The maximum Gasteiger partial charge on any atom is 0.264 e. The SMILES string of the molecule is CS(=O)(=O)NC(=O)c1cccc(C[C@@H]2COc3ccc(OCc4nc5cc(F)ccc5s4)cc3[C@@H]2O)c1. The van der Waals surface area contributed by atoms with Gasteiger partial charge in [0, 0.05) is 23.1 Å². The predicted octanol–water partition coefficient (Wildman–Crippen LogP) is 3.99. The lowest BCUT2D eigenvalue weighted by atomic mass is 9.87. The van der Waals surface area contributed by atoms with Crippen LogP contribution in [0.1, 0.15) is 32.6 Å². The molecule has 3 aromatic carbocycles. The lowest BCUT2D eigenvalue weighted by molar-refractivity contribution is 0.0504. The summed E-state index contributed by atoms with van der Waals surface area (Å²) in [4.78, 5) is 16.6. The van der Waals surface area contributed by atoms with Crippen LogP contribution in [0, 0.1) is 11.7 Å². The number of aromatic nitrogens is 1. The highest BCUT2D eigenvalue weighted by Gasteiger charge is 2.30. The van der Waals surface area contributed by atoms with Crippen molar-refractivity contribution in [3.8, 4) is 11.5 Å². The van der Waals surface area contributed by atoms with Gasteiger partial charge in [0.2, 0.25) is 10.0 Å². The van der Waals surface area contributed by atoms with Gasteiger partial charge >= 0.3 is 0 Å². The fraction of sp³-hybridized carbons (Fsp3) is 0.231. The minimum absolute atomic E-state index is 0.197. The van der Waals surface area contributed by atoms with E-state index in [0.717, 1.165) is 16.5 Å². The van der Waals surface area contributed by atoms with Crippen LogP contribution in [0.4, 0.5) is 4.39 Å². The molecule has 0 unspecified atom stereocenters. The third-order valence-electron chi connectivity index (χ3n) is 5.92. The van der Waals surface area contributed by atoms with Crippen LogP contribution in [0.5, 0.6) is 11.5 Å². The van der Waals surface area contributed by atoms with E-state index in [4.69, 9.17) is 9.47 Å². The Balaban J connectivity index is 1.27. The van der Waals surface area contributed by atoms with Gasteiger partial charge < -0.3 is 14.6 Å². The Kier molecular flexibility index (Phi) is 6.84. The van der Waals surface area contributed by atoms with E-state index >= 15 is 0 Å². The van der Waals surface area contributed by atoms with Crippen LogP contribution in [0.3, 0.4) is 0 Å². The number of aliphatic hydroxyl groups excluding tert-OH is 1. The molecule has 0 saturated carbocycles. The van der Waals surface area contributed by atoms with Crippen LogP contribution in [0.25, 0.3) is 10.2 Å². The molecule has 192 valence electrons. The molecule has 0 spiro atoms. The predicted molar refractivity (Wildman–Crippen MR) is 137 cm³/mol. The number of carbonyl (C=O) groups is 1. The Bertz CT molecular complexity index is 1590. The zero-order valence-corrected chi connectivity index (χ0v) is 21.3. The molecular weight excluding hydrogens is 519 g/mol. The summed E-state index contributed by atoms with van der Waals surface area (Å²) in [6.07, 6.45) is 0.486. The number of sulfonamides is 1. The Morgan fingerprint density at radius 3 is 2.86 bits per heavy atom. The van der Waals surface area contributed by atoms with Gasteiger partial charge in [0.25, 0.3) is 5.91 Å². The number of fused-ring (bicyclic) bond motifs is 2. The first-order valence-electron chi connectivity index (χ1n) is 11.4. The Morgan fingerprint density at radius 2 is 2.05 bits per heavy atom. The van der Waals surface area contributed by atoms with Gasteiger partial charge in [0.05, 0.1) is 29.2 Å². The molecule has 0 saturated heterocycles. The highest BCUT2D eigenvalue weighted by molar-refractivity contribution is 7.89. The van der Waals surface area contributed by atoms with E-state index in [1.807, 2.05) is 10.8 Å². The van der Waals surface area contributed by atoms with Gasteiger partial charge in [-0.2, -0.15) is 0 Å². The number of rotatable bonds is 7. The van der Waals surface area contributed by atoms with E-state index in [-0.39, 0.29) is 30.5 Å². The molecule has 5 rings (SSSR count). The van der Waals surface area contributed by atoms with Gasteiger partial charge in [-0.15, -0.1) is 11.3 Å². The second-order valence-electron chi connectivity index (χ2n) is 8.83. The summed E-state index contributed by atoms with van der Waals surface area (Å²) >= 11 is 1.42. The van der Waals surface area contributed by atoms with Crippen LogP contribution in [-0.2, 0) is 23.1 Å². The van der Waals surface area contributed by atoms with Crippen molar-refractivity contribution in [2.24, 2.45) is 5.92 Å². The van der Waals surface area contributed by atoms with Crippen molar-refractivity contribution in [2.75, 3.05) is 12.9 Å². The zero-order chi connectivity index (χ0) is 26.2. The number of halogens is 1. The van der Waals surface area contributed by atoms with Crippen molar-refractivity contribution in [2.45, 2.75) is 19.1 Å². The number of carbonyl (C=O) groups excluding carboxylic acids is 1. The lowest BCUT2D eigenvalue weighted by Gasteiger charge is -2.30. The number of thiazole rings is 1. The van der Waals surface area contributed by atoms with Crippen LogP contribution >= 0.6 is 11.3 Å². The number of nitrogens with one attached hydrogen (secondary N) is 1. The fourth-order valence-electron chi connectivity index (χ4n) is 4.22. The first-order valence-corrected chi connectivity index (χ1v) is 14.1. The number of amides is 1. The van der Waals surface area contributed by atoms with E-state index in [9.17, 15) is 22.7 Å². The van der Waals surface area contributed by atoms with E-state index < -0.39 is 22.0 Å². The quantitative estimate of drug-likeness (QED) is 0.363. The Morgan fingerprint density at radius 1 is 1.22 bits per heavy atom. The Labute approximate surface area is 216 Å². The van der Waals surface area contributed by atoms with Crippen LogP contribution in [-0.4, -0.2) is 37.3 Å². The van der Waals surface area contributed by atoms with Crippen molar-refractivity contribution in [1.82, 2.24) is 9.71 Å². The molecule has 1 aromatic heterocycles. The third-order valence-corrected chi connectivity index (χ3v) is 7.49. The topological polar surface area (TPSA) is 115 Å². The molecule has 4 aromatic rings. The van der Waals surface area contributed by atoms with Crippen LogP contribution in [0.2, 0.25) is 0 Å².